The number of benzene rings is 1. The summed E-state index contributed by atoms with van der Waals surface area (Å²) in [6.07, 6.45) is 5.79. The van der Waals surface area contributed by atoms with Crippen LogP contribution >= 0.6 is 0 Å². The van der Waals surface area contributed by atoms with E-state index in [0.29, 0.717) is 35.8 Å². The van der Waals surface area contributed by atoms with Gasteiger partial charge in [0.2, 0.25) is 0 Å². The summed E-state index contributed by atoms with van der Waals surface area (Å²) < 4.78 is 20.3. The fraction of sp³-hybridized carbons (Fsp3) is 0.333. The minimum absolute atomic E-state index is 0.307. The molecule has 0 atom stereocenters. The summed E-state index contributed by atoms with van der Waals surface area (Å²) >= 11 is 0. The summed E-state index contributed by atoms with van der Waals surface area (Å²) in [7, 11) is 3.03. The standard InChI is InChI=1S/C18H22O6/c1-5-23-17(19)9-7-13-11-16(22-4)14(12-15(13)21-3)8-10-18(20)24-6-2/h7-12H,5-6H2,1-4H3/b9-7+,10-8+. The van der Waals surface area contributed by atoms with Gasteiger partial charge in [0.15, 0.2) is 0 Å². The molecule has 0 radical (unpaired) electrons. The Kier molecular flexibility index (Phi) is 8.11. The molecule has 0 aliphatic rings. The van der Waals surface area contributed by atoms with Gasteiger partial charge in [-0.25, -0.2) is 9.59 Å². The number of methoxy groups -OCH3 is 2. The van der Waals surface area contributed by atoms with Crippen molar-refractivity contribution in [1.82, 2.24) is 0 Å². The molecule has 24 heavy (non-hydrogen) atoms. The van der Waals surface area contributed by atoms with Gasteiger partial charge in [-0.3, -0.25) is 0 Å². The van der Waals surface area contributed by atoms with E-state index in [1.165, 1.54) is 26.4 Å². The third-order valence-corrected chi connectivity index (χ3v) is 2.95. The molecule has 1 aromatic carbocycles. The summed E-state index contributed by atoms with van der Waals surface area (Å²) in [6, 6.07) is 3.42. The van der Waals surface area contributed by atoms with Crippen molar-refractivity contribution in [3.8, 4) is 11.5 Å². The van der Waals surface area contributed by atoms with E-state index >= 15 is 0 Å². The fourth-order valence-electron chi connectivity index (χ4n) is 1.90. The van der Waals surface area contributed by atoms with Crippen LogP contribution in [0.4, 0.5) is 0 Å². The van der Waals surface area contributed by atoms with Crippen molar-refractivity contribution in [3.05, 3.63) is 35.4 Å². The first-order valence-electron chi connectivity index (χ1n) is 7.51. The normalized spacial score (nSPS) is 10.8. The predicted molar refractivity (Wildman–Crippen MR) is 90.9 cm³/mol. The maximum absolute atomic E-state index is 11.4. The monoisotopic (exact) mass is 334 g/mol. The second kappa shape index (κ2) is 10.1. The minimum atomic E-state index is -0.440. The Balaban J connectivity index is 3.13. The van der Waals surface area contributed by atoms with Gasteiger partial charge in [0.1, 0.15) is 11.5 Å². The van der Waals surface area contributed by atoms with Crippen molar-refractivity contribution in [2.45, 2.75) is 13.8 Å². The van der Waals surface area contributed by atoms with Gasteiger partial charge in [-0.2, -0.15) is 0 Å². The number of carbonyl (C=O) groups is 2. The molecule has 1 rings (SSSR count). The number of hydrogen-bond acceptors (Lipinski definition) is 6. The highest BCUT2D eigenvalue weighted by molar-refractivity contribution is 5.89. The third kappa shape index (κ3) is 5.79. The third-order valence-electron chi connectivity index (χ3n) is 2.95. The summed E-state index contributed by atoms with van der Waals surface area (Å²) in [4.78, 5) is 22.9. The van der Waals surface area contributed by atoms with Gasteiger partial charge in [0.05, 0.1) is 27.4 Å². The molecule has 1 aromatic rings. The number of esters is 2. The van der Waals surface area contributed by atoms with Crippen LogP contribution in [0.2, 0.25) is 0 Å². The molecular weight excluding hydrogens is 312 g/mol. The molecule has 0 heterocycles. The first-order chi connectivity index (χ1) is 11.5. The van der Waals surface area contributed by atoms with Crippen LogP contribution in [-0.2, 0) is 19.1 Å². The molecule has 0 amide bonds. The first kappa shape index (κ1) is 19.3. The number of ether oxygens (including phenoxy) is 4. The van der Waals surface area contributed by atoms with Gasteiger partial charge in [-0.1, -0.05) is 0 Å². The van der Waals surface area contributed by atoms with Crippen molar-refractivity contribution in [3.63, 3.8) is 0 Å². The second-order valence-corrected chi connectivity index (χ2v) is 4.51. The van der Waals surface area contributed by atoms with E-state index < -0.39 is 11.9 Å². The van der Waals surface area contributed by atoms with E-state index in [0.717, 1.165) is 0 Å². The van der Waals surface area contributed by atoms with Crippen LogP contribution in [0, 0.1) is 0 Å². The molecule has 0 fully saturated rings. The molecule has 0 aliphatic carbocycles. The molecule has 0 N–H and O–H groups in total. The number of rotatable bonds is 8. The van der Waals surface area contributed by atoms with Gasteiger partial charge in [0, 0.05) is 23.3 Å². The highest BCUT2D eigenvalue weighted by atomic mass is 16.5. The lowest BCUT2D eigenvalue weighted by Crippen LogP contribution is -2.00. The Morgan fingerprint density at radius 3 is 1.50 bits per heavy atom. The van der Waals surface area contributed by atoms with E-state index in [1.807, 2.05) is 0 Å². The Hall–Kier alpha value is -2.76. The predicted octanol–water partition coefficient (Wildman–Crippen LogP) is 2.86. The molecule has 0 saturated carbocycles. The van der Waals surface area contributed by atoms with Gasteiger partial charge < -0.3 is 18.9 Å². The highest BCUT2D eigenvalue weighted by Crippen LogP contribution is 2.30. The number of hydrogen-bond donors (Lipinski definition) is 0. The maximum atomic E-state index is 11.4. The highest BCUT2D eigenvalue weighted by Gasteiger charge is 2.09. The molecule has 6 nitrogen and oxygen atoms in total. The van der Waals surface area contributed by atoms with E-state index in [1.54, 1.807) is 38.1 Å². The molecule has 6 heteroatoms. The van der Waals surface area contributed by atoms with Crippen molar-refractivity contribution >= 4 is 24.1 Å². The zero-order valence-corrected chi connectivity index (χ0v) is 14.3. The maximum Gasteiger partial charge on any atom is 0.330 e. The Morgan fingerprint density at radius 2 is 1.21 bits per heavy atom. The van der Waals surface area contributed by atoms with Crippen molar-refractivity contribution in [1.29, 1.82) is 0 Å². The fourth-order valence-corrected chi connectivity index (χ4v) is 1.90. The molecule has 0 aliphatic heterocycles. The quantitative estimate of drug-likeness (QED) is 0.538. The van der Waals surface area contributed by atoms with Crippen LogP contribution in [0.25, 0.3) is 12.2 Å². The molecular formula is C18H22O6. The lowest BCUT2D eigenvalue weighted by atomic mass is 10.1. The van der Waals surface area contributed by atoms with Crippen molar-refractivity contribution in [2.75, 3.05) is 27.4 Å². The molecule has 0 unspecified atom stereocenters. The Bertz CT molecular complexity index is 575. The van der Waals surface area contributed by atoms with Gasteiger partial charge in [-0.05, 0) is 38.1 Å². The summed E-state index contributed by atoms with van der Waals surface area (Å²) in [5.41, 5.74) is 1.30. The average molecular weight is 334 g/mol. The topological polar surface area (TPSA) is 71.1 Å². The van der Waals surface area contributed by atoms with E-state index in [9.17, 15) is 9.59 Å². The lowest BCUT2D eigenvalue weighted by molar-refractivity contribution is -0.138. The molecule has 130 valence electrons. The minimum Gasteiger partial charge on any atom is -0.496 e. The van der Waals surface area contributed by atoms with Gasteiger partial charge in [-0.15, -0.1) is 0 Å². The number of carbonyl (C=O) groups excluding carboxylic acids is 2. The van der Waals surface area contributed by atoms with Crippen molar-refractivity contribution < 1.29 is 28.5 Å². The van der Waals surface area contributed by atoms with Crippen LogP contribution in [-0.4, -0.2) is 39.4 Å². The van der Waals surface area contributed by atoms with Crippen molar-refractivity contribution in [2.24, 2.45) is 0 Å². The molecule has 0 aromatic heterocycles. The largest absolute Gasteiger partial charge is 0.496 e. The van der Waals surface area contributed by atoms with E-state index in [-0.39, 0.29) is 0 Å². The van der Waals surface area contributed by atoms with Gasteiger partial charge >= 0.3 is 11.9 Å². The molecule has 0 spiro atoms. The summed E-state index contributed by atoms with van der Waals surface area (Å²) in [5, 5.41) is 0. The SMILES string of the molecule is CCOC(=O)/C=C/c1cc(OC)c(/C=C/C(=O)OCC)cc1OC. The van der Waals surface area contributed by atoms with E-state index in [4.69, 9.17) is 18.9 Å². The Labute approximate surface area is 141 Å². The second-order valence-electron chi connectivity index (χ2n) is 4.51. The lowest BCUT2D eigenvalue weighted by Gasteiger charge is -2.11. The van der Waals surface area contributed by atoms with Crippen LogP contribution in [0.5, 0.6) is 11.5 Å². The summed E-state index contributed by atoms with van der Waals surface area (Å²) in [5.74, 6) is 0.175. The van der Waals surface area contributed by atoms with Gasteiger partial charge in [0.25, 0.3) is 0 Å². The smallest absolute Gasteiger partial charge is 0.330 e. The zero-order valence-electron chi connectivity index (χ0n) is 14.3. The van der Waals surface area contributed by atoms with Crippen LogP contribution in [0.15, 0.2) is 24.3 Å². The summed E-state index contributed by atoms with van der Waals surface area (Å²) in [6.45, 7) is 4.09. The average Bonchev–Trinajstić information content (AvgIpc) is 2.58. The van der Waals surface area contributed by atoms with Crippen LogP contribution < -0.4 is 9.47 Å². The molecule has 0 bridgehead atoms. The zero-order chi connectivity index (χ0) is 17.9. The van der Waals surface area contributed by atoms with E-state index in [2.05, 4.69) is 0 Å². The van der Waals surface area contributed by atoms with Crippen LogP contribution in [0.1, 0.15) is 25.0 Å². The first-order valence-corrected chi connectivity index (χ1v) is 7.51. The Morgan fingerprint density at radius 1 is 0.833 bits per heavy atom. The van der Waals surface area contributed by atoms with Crippen LogP contribution in [0.3, 0.4) is 0 Å². The molecule has 0 saturated heterocycles.